The molecule has 2 heteroatoms. The van der Waals surface area contributed by atoms with Gasteiger partial charge >= 0.3 is 0 Å². The van der Waals surface area contributed by atoms with Crippen molar-refractivity contribution < 1.29 is 0 Å². The first-order valence-electron chi connectivity index (χ1n) is 6.45. The maximum absolute atomic E-state index is 3.55. The number of hydrogen-bond donors (Lipinski definition) is 2. The maximum atomic E-state index is 3.55. The van der Waals surface area contributed by atoms with E-state index in [0.717, 1.165) is 31.6 Å². The minimum absolute atomic E-state index is 0.761. The largest absolute Gasteiger partial charge is 0.315 e. The molecule has 0 aromatic heterocycles. The molecular weight excluding hydrogens is 196 g/mol. The monoisotopic (exact) mass is 216 g/mol. The molecule has 0 amide bonds. The second-order valence-corrected chi connectivity index (χ2v) is 5.03. The van der Waals surface area contributed by atoms with Crippen LogP contribution in [0.1, 0.15) is 29.9 Å². The van der Waals surface area contributed by atoms with E-state index in [1.165, 1.54) is 19.3 Å². The predicted molar refractivity (Wildman–Crippen MR) is 66.8 cm³/mol. The maximum Gasteiger partial charge on any atom is 0.00793 e. The highest BCUT2D eigenvalue weighted by atomic mass is 15.0. The molecule has 0 saturated heterocycles. The first kappa shape index (κ1) is 10.3. The fourth-order valence-electron chi connectivity index (χ4n) is 2.47. The Morgan fingerprint density at radius 2 is 2.00 bits per heavy atom. The van der Waals surface area contributed by atoms with Crippen LogP contribution in [0.15, 0.2) is 24.3 Å². The Morgan fingerprint density at radius 1 is 1.12 bits per heavy atom. The van der Waals surface area contributed by atoms with E-state index in [0.29, 0.717) is 0 Å². The van der Waals surface area contributed by atoms with E-state index < -0.39 is 0 Å². The van der Waals surface area contributed by atoms with E-state index in [2.05, 4.69) is 34.9 Å². The molecule has 0 heterocycles. The molecule has 16 heavy (non-hydrogen) atoms. The van der Waals surface area contributed by atoms with Crippen LogP contribution in [-0.4, -0.2) is 25.7 Å². The lowest BCUT2D eigenvalue weighted by Gasteiger charge is -2.30. The van der Waals surface area contributed by atoms with Gasteiger partial charge in [-0.25, -0.2) is 0 Å². The summed E-state index contributed by atoms with van der Waals surface area (Å²) in [6.07, 6.45) is 4.03. The Kier molecular flexibility index (Phi) is 2.94. The number of benzene rings is 1. The number of rotatable bonds is 6. The van der Waals surface area contributed by atoms with Crippen molar-refractivity contribution in [3.8, 4) is 0 Å². The number of nitrogens with one attached hydrogen (secondary N) is 2. The van der Waals surface area contributed by atoms with Gasteiger partial charge in [0.1, 0.15) is 0 Å². The number of fused-ring (bicyclic) bond motifs is 1. The summed E-state index contributed by atoms with van der Waals surface area (Å²) in [6.45, 7) is 3.37. The van der Waals surface area contributed by atoms with Gasteiger partial charge in [0.2, 0.25) is 0 Å². The van der Waals surface area contributed by atoms with Gasteiger partial charge in [-0.3, -0.25) is 0 Å². The quantitative estimate of drug-likeness (QED) is 0.707. The Bertz CT molecular complexity index is 358. The van der Waals surface area contributed by atoms with Gasteiger partial charge in [0, 0.05) is 31.6 Å². The zero-order valence-corrected chi connectivity index (χ0v) is 9.71. The van der Waals surface area contributed by atoms with E-state index in [9.17, 15) is 0 Å². The minimum atomic E-state index is 0.761. The molecule has 0 spiro atoms. The summed E-state index contributed by atoms with van der Waals surface area (Å²) in [5.74, 6) is 0.761. The Hall–Kier alpha value is -0.860. The summed E-state index contributed by atoms with van der Waals surface area (Å²) in [7, 11) is 0. The molecule has 3 rings (SSSR count). The molecule has 1 saturated carbocycles. The summed E-state index contributed by atoms with van der Waals surface area (Å²) < 4.78 is 0. The zero-order valence-electron chi connectivity index (χ0n) is 9.71. The smallest absolute Gasteiger partial charge is 0.00793 e. The average molecular weight is 216 g/mol. The van der Waals surface area contributed by atoms with Gasteiger partial charge in [-0.2, -0.15) is 0 Å². The highest BCUT2D eigenvalue weighted by Gasteiger charge is 2.24. The fraction of sp³-hybridized carbons (Fsp3) is 0.571. The molecule has 0 bridgehead atoms. The van der Waals surface area contributed by atoms with Crippen molar-refractivity contribution in [1.82, 2.24) is 10.6 Å². The van der Waals surface area contributed by atoms with Gasteiger partial charge in [-0.05, 0) is 30.4 Å². The van der Waals surface area contributed by atoms with E-state index in [1.54, 1.807) is 11.1 Å². The number of hydrogen-bond acceptors (Lipinski definition) is 2. The van der Waals surface area contributed by atoms with Crippen molar-refractivity contribution in [3.63, 3.8) is 0 Å². The van der Waals surface area contributed by atoms with Crippen molar-refractivity contribution in [2.45, 2.75) is 31.2 Å². The van der Waals surface area contributed by atoms with E-state index >= 15 is 0 Å². The van der Waals surface area contributed by atoms with Crippen LogP contribution in [-0.2, 0) is 6.42 Å². The molecule has 1 aromatic rings. The summed E-state index contributed by atoms with van der Waals surface area (Å²) >= 11 is 0. The highest BCUT2D eigenvalue weighted by Crippen LogP contribution is 2.33. The van der Waals surface area contributed by atoms with Gasteiger partial charge in [0.15, 0.2) is 0 Å². The second kappa shape index (κ2) is 4.56. The van der Waals surface area contributed by atoms with Crippen LogP contribution in [0.2, 0.25) is 0 Å². The van der Waals surface area contributed by atoms with Crippen LogP contribution in [0, 0.1) is 0 Å². The summed E-state index contributed by atoms with van der Waals surface area (Å²) in [5.41, 5.74) is 3.11. The summed E-state index contributed by atoms with van der Waals surface area (Å²) in [6, 6.07) is 9.65. The van der Waals surface area contributed by atoms with E-state index in [-0.39, 0.29) is 0 Å². The van der Waals surface area contributed by atoms with Gasteiger partial charge in [0.05, 0.1) is 0 Å². The normalized spacial score (nSPS) is 22.6. The molecule has 0 radical (unpaired) electrons. The van der Waals surface area contributed by atoms with Gasteiger partial charge in [0.25, 0.3) is 0 Å². The Labute approximate surface area is 97.4 Å². The summed E-state index contributed by atoms with van der Waals surface area (Å²) in [5, 5.41) is 7.07. The van der Waals surface area contributed by atoms with E-state index in [4.69, 9.17) is 0 Å². The van der Waals surface area contributed by atoms with E-state index in [1.807, 2.05) is 0 Å². The predicted octanol–water partition coefficient (Wildman–Crippen LogP) is 1.67. The Morgan fingerprint density at radius 3 is 2.81 bits per heavy atom. The van der Waals surface area contributed by atoms with Gasteiger partial charge in [-0.1, -0.05) is 24.3 Å². The van der Waals surface area contributed by atoms with Crippen molar-refractivity contribution in [2.24, 2.45) is 0 Å². The average Bonchev–Trinajstić information content (AvgIpc) is 3.07. The molecular formula is C14H20N2. The fourth-order valence-corrected chi connectivity index (χ4v) is 2.47. The van der Waals surface area contributed by atoms with Crippen LogP contribution in [0.3, 0.4) is 0 Å². The third kappa shape index (κ3) is 2.28. The third-order valence-electron chi connectivity index (χ3n) is 3.66. The van der Waals surface area contributed by atoms with Crippen LogP contribution in [0.5, 0.6) is 0 Å². The highest BCUT2D eigenvalue weighted by molar-refractivity contribution is 5.40. The lowest BCUT2D eigenvalue weighted by Crippen LogP contribution is -2.34. The lowest BCUT2D eigenvalue weighted by atomic mass is 9.78. The zero-order chi connectivity index (χ0) is 10.8. The Balaban J connectivity index is 1.34. The molecule has 1 aromatic carbocycles. The third-order valence-corrected chi connectivity index (χ3v) is 3.66. The van der Waals surface area contributed by atoms with Crippen molar-refractivity contribution >= 4 is 0 Å². The first-order valence-corrected chi connectivity index (χ1v) is 6.45. The first-order chi connectivity index (χ1) is 7.93. The molecule has 1 atom stereocenters. The van der Waals surface area contributed by atoms with Crippen LogP contribution in [0.25, 0.3) is 0 Å². The van der Waals surface area contributed by atoms with Gasteiger partial charge in [-0.15, -0.1) is 0 Å². The molecule has 1 unspecified atom stereocenters. The van der Waals surface area contributed by atoms with Crippen molar-refractivity contribution in [2.75, 3.05) is 19.6 Å². The molecule has 1 fully saturated rings. The minimum Gasteiger partial charge on any atom is -0.315 e. The molecule has 2 nitrogen and oxygen atoms in total. The van der Waals surface area contributed by atoms with Gasteiger partial charge < -0.3 is 10.6 Å². The molecule has 2 aliphatic rings. The van der Waals surface area contributed by atoms with Crippen molar-refractivity contribution in [1.29, 1.82) is 0 Å². The molecule has 0 aliphatic heterocycles. The molecule has 86 valence electrons. The molecule has 2 N–H and O–H groups in total. The van der Waals surface area contributed by atoms with Crippen molar-refractivity contribution in [3.05, 3.63) is 35.4 Å². The topological polar surface area (TPSA) is 24.1 Å². The van der Waals surface area contributed by atoms with Crippen LogP contribution < -0.4 is 10.6 Å². The van der Waals surface area contributed by atoms with Crippen LogP contribution in [0.4, 0.5) is 0 Å². The standard InChI is InChI=1S/C14H20N2/c1-2-4-14-11(3-1)9-12(14)10-15-7-8-16-13-5-6-13/h1-4,12-13,15-16H,5-10H2. The summed E-state index contributed by atoms with van der Waals surface area (Å²) in [4.78, 5) is 0. The van der Waals surface area contributed by atoms with Crippen LogP contribution >= 0.6 is 0 Å². The second-order valence-electron chi connectivity index (χ2n) is 5.03. The SMILES string of the molecule is c1ccc2c(c1)CC2CNCCNC1CC1. The lowest BCUT2D eigenvalue weighted by molar-refractivity contribution is 0.523. The molecule has 2 aliphatic carbocycles.